The van der Waals surface area contributed by atoms with E-state index in [-0.39, 0.29) is 0 Å². The molecule has 0 aliphatic rings. The molecule has 6 heteroatoms. The molecule has 1 aromatic carbocycles. The van der Waals surface area contributed by atoms with Gasteiger partial charge in [-0.25, -0.2) is 0 Å². The molecule has 0 aliphatic heterocycles. The Kier molecular flexibility index (Phi) is 4.47. The molecule has 3 aromatic rings. The average Bonchev–Trinajstić information content (AvgIpc) is 2.94. The van der Waals surface area contributed by atoms with Gasteiger partial charge in [-0.05, 0) is 36.2 Å². The number of aryl methyl sites for hydroxylation is 1. The Morgan fingerprint density at radius 3 is 2.95 bits per heavy atom. The first-order valence-electron chi connectivity index (χ1n) is 6.48. The fraction of sp³-hybridized carbons (Fsp3) is 0.133. The summed E-state index contributed by atoms with van der Waals surface area (Å²) < 4.78 is 0.953. The highest BCUT2D eigenvalue weighted by Crippen LogP contribution is 2.29. The van der Waals surface area contributed by atoms with Crippen LogP contribution < -0.4 is 5.32 Å². The number of pyridine rings is 1. The first kappa shape index (κ1) is 14.0. The van der Waals surface area contributed by atoms with Crippen molar-refractivity contribution in [2.45, 2.75) is 17.0 Å². The zero-order valence-electron chi connectivity index (χ0n) is 11.5. The number of hydrogen-bond acceptors (Lipinski definition) is 6. The summed E-state index contributed by atoms with van der Waals surface area (Å²) in [5, 5.41) is 12.5. The van der Waals surface area contributed by atoms with Crippen LogP contribution in [0.25, 0.3) is 0 Å². The number of nitrogens with one attached hydrogen (secondary N) is 1. The molecule has 0 fully saturated rings. The van der Waals surface area contributed by atoms with E-state index < -0.39 is 0 Å². The minimum atomic E-state index is 0.814. The predicted octanol–water partition coefficient (Wildman–Crippen LogP) is 4.28. The molecular weight excluding hydrogens is 300 g/mol. The van der Waals surface area contributed by atoms with E-state index in [4.69, 9.17) is 0 Å². The second kappa shape index (κ2) is 6.69. The number of aromatic nitrogens is 3. The summed E-state index contributed by atoms with van der Waals surface area (Å²) in [5.74, 6) is 0.854. The first-order chi connectivity index (χ1) is 10.3. The van der Waals surface area contributed by atoms with Gasteiger partial charge in [0, 0.05) is 23.8 Å². The molecule has 0 amide bonds. The lowest BCUT2D eigenvalue weighted by Crippen LogP contribution is -1.89. The smallest absolute Gasteiger partial charge is 0.210 e. The second-order valence-corrected chi connectivity index (χ2v) is 6.72. The minimum Gasteiger partial charge on any atom is -0.330 e. The highest BCUT2D eigenvalue weighted by atomic mass is 32.2. The van der Waals surface area contributed by atoms with Gasteiger partial charge in [-0.2, -0.15) is 0 Å². The van der Waals surface area contributed by atoms with Gasteiger partial charge >= 0.3 is 0 Å². The van der Waals surface area contributed by atoms with Crippen molar-refractivity contribution in [3.63, 3.8) is 0 Å². The monoisotopic (exact) mass is 314 g/mol. The lowest BCUT2D eigenvalue weighted by Gasteiger charge is -2.01. The van der Waals surface area contributed by atoms with Crippen molar-refractivity contribution in [3.05, 3.63) is 59.9 Å². The van der Waals surface area contributed by atoms with Crippen molar-refractivity contribution < 1.29 is 0 Å². The second-order valence-electron chi connectivity index (χ2n) is 4.52. The van der Waals surface area contributed by atoms with Gasteiger partial charge in [-0.15, -0.1) is 10.2 Å². The molecule has 2 aromatic heterocycles. The third-order valence-corrected chi connectivity index (χ3v) is 4.80. The van der Waals surface area contributed by atoms with Crippen LogP contribution in [0.15, 0.2) is 53.1 Å². The van der Waals surface area contributed by atoms with E-state index in [1.165, 1.54) is 11.1 Å². The third-order valence-electron chi connectivity index (χ3n) is 2.76. The summed E-state index contributed by atoms with van der Waals surface area (Å²) in [7, 11) is 0. The maximum atomic E-state index is 4.20. The molecule has 3 rings (SSSR count). The van der Waals surface area contributed by atoms with Crippen molar-refractivity contribution in [1.82, 2.24) is 15.2 Å². The molecule has 0 saturated heterocycles. The SMILES string of the molecule is Cc1cccc(Nc2nnc(SCc3cccnc3)s2)c1. The molecule has 1 N–H and O–H groups in total. The van der Waals surface area contributed by atoms with E-state index in [0.717, 1.165) is 20.9 Å². The Morgan fingerprint density at radius 2 is 2.14 bits per heavy atom. The molecule has 21 heavy (non-hydrogen) atoms. The Morgan fingerprint density at radius 1 is 1.19 bits per heavy atom. The van der Waals surface area contributed by atoms with E-state index in [1.54, 1.807) is 29.3 Å². The van der Waals surface area contributed by atoms with Crippen molar-refractivity contribution in [1.29, 1.82) is 0 Å². The quantitative estimate of drug-likeness (QED) is 0.712. The Bertz CT molecular complexity index is 712. The van der Waals surface area contributed by atoms with Gasteiger partial charge in [-0.3, -0.25) is 4.98 Å². The van der Waals surface area contributed by atoms with Crippen molar-refractivity contribution in [2.24, 2.45) is 0 Å². The molecule has 106 valence electrons. The van der Waals surface area contributed by atoms with Gasteiger partial charge in [0.25, 0.3) is 0 Å². The molecule has 0 bridgehead atoms. The van der Waals surface area contributed by atoms with Gasteiger partial charge in [-0.1, -0.05) is 41.3 Å². The fourth-order valence-corrected chi connectivity index (χ4v) is 3.50. The molecule has 4 nitrogen and oxygen atoms in total. The van der Waals surface area contributed by atoms with Crippen LogP contribution in [-0.2, 0) is 5.75 Å². The standard InChI is InChI=1S/C15H14N4S2/c1-11-4-2-6-13(8-11)17-14-18-19-15(21-14)20-10-12-5-3-7-16-9-12/h2-9H,10H2,1H3,(H,17,18). The van der Waals surface area contributed by atoms with Crippen LogP contribution in [0, 0.1) is 6.92 Å². The van der Waals surface area contributed by atoms with Gasteiger partial charge in [0.2, 0.25) is 5.13 Å². The number of benzene rings is 1. The molecule has 0 saturated carbocycles. The van der Waals surface area contributed by atoms with E-state index in [9.17, 15) is 0 Å². The normalized spacial score (nSPS) is 10.5. The summed E-state index contributed by atoms with van der Waals surface area (Å²) in [6, 6.07) is 12.2. The Hall–Kier alpha value is -1.92. The van der Waals surface area contributed by atoms with Crippen LogP contribution in [-0.4, -0.2) is 15.2 Å². The van der Waals surface area contributed by atoms with Gasteiger partial charge in [0.15, 0.2) is 4.34 Å². The van der Waals surface area contributed by atoms with E-state index in [2.05, 4.69) is 45.6 Å². The van der Waals surface area contributed by atoms with Crippen LogP contribution in [0.2, 0.25) is 0 Å². The van der Waals surface area contributed by atoms with Gasteiger partial charge in [0.05, 0.1) is 0 Å². The van der Waals surface area contributed by atoms with E-state index in [0.29, 0.717) is 0 Å². The number of thioether (sulfide) groups is 1. The van der Waals surface area contributed by atoms with Crippen molar-refractivity contribution in [2.75, 3.05) is 5.32 Å². The van der Waals surface area contributed by atoms with E-state index in [1.807, 2.05) is 24.4 Å². The minimum absolute atomic E-state index is 0.814. The Balaban J connectivity index is 1.61. The number of hydrogen-bond donors (Lipinski definition) is 1. The maximum Gasteiger partial charge on any atom is 0.210 e. The summed E-state index contributed by atoms with van der Waals surface area (Å²) in [5.41, 5.74) is 3.44. The van der Waals surface area contributed by atoms with Crippen molar-refractivity contribution in [3.8, 4) is 0 Å². The average molecular weight is 314 g/mol. The summed E-state index contributed by atoms with van der Waals surface area (Å²) in [6.07, 6.45) is 3.66. The fourth-order valence-electron chi connectivity index (χ4n) is 1.79. The zero-order chi connectivity index (χ0) is 14.5. The van der Waals surface area contributed by atoms with Crippen LogP contribution >= 0.6 is 23.1 Å². The first-order valence-corrected chi connectivity index (χ1v) is 8.29. The molecule has 2 heterocycles. The van der Waals surface area contributed by atoms with Crippen molar-refractivity contribution >= 4 is 33.9 Å². The third kappa shape index (κ3) is 4.03. The molecular formula is C15H14N4S2. The highest BCUT2D eigenvalue weighted by molar-refractivity contribution is 8.00. The maximum absolute atomic E-state index is 4.20. The summed E-state index contributed by atoms with van der Waals surface area (Å²) >= 11 is 3.24. The number of rotatable bonds is 5. The molecule has 0 spiro atoms. The zero-order valence-corrected chi connectivity index (χ0v) is 13.1. The largest absolute Gasteiger partial charge is 0.330 e. The summed E-state index contributed by atoms with van der Waals surface area (Å²) in [6.45, 7) is 2.07. The van der Waals surface area contributed by atoms with Crippen LogP contribution in [0.3, 0.4) is 0 Å². The topological polar surface area (TPSA) is 50.7 Å². The van der Waals surface area contributed by atoms with Crippen LogP contribution in [0.5, 0.6) is 0 Å². The predicted molar refractivity (Wildman–Crippen MR) is 88.2 cm³/mol. The lowest BCUT2D eigenvalue weighted by atomic mass is 10.2. The van der Waals surface area contributed by atoms with Crippen LogP contribution in [0.1, 0.15) is 11.1 Å². The Labute approximate surface area is 131 Å². The lowest BCUT2D eigenvalue weighted by molar-refractivity contribution is 1.01. The van der Waals surface area contributed by atoms with Gasteiger partial charge < -0.3 is 5.32 Å². The highest BCUT2D eigenvalue weighted by Gasteiger charge is 2.05. The molecule has 0 aliphatic carbocycles. The molecule has 0 unspecified atom stereocenters. The van der Waals surface area contributed by atoms with Crippen LogP contribution in [0.4, 0.5) is 10.8 Å². The molecule has 0 radical (unpaired) electrons. The number of nitrogens with zero attached hydrogens (tertiary/aromatic N) is 3. The number of anilines is 2. The summed E-state index contributed by atoms with van der Waals surface area (Å²) in [4.78, 5) is 4.11. The van der Waals surface area contributed by atoms with E-state index >= 15 is 0 Å². The van der Waals surface area contributed by atoms with Gasteiger partial charge in [0.1, 0.15) is 0 Å². The molecule has 0 atom stereocenters.